The molecule has 0 bridgehead atoms. The van der Waals surface area contributed by atoms with E-state index in [9.17, 15) is 4.79 Å². The minimum absolute atomic E-state index is 0.0173. The lowest BCUT2D eigenvalue weighted by Gasteiger charge is -2.43. The van der Waals surface area contributed by atoms with Gasteiger partial charge in [-0.2, -0.15) is 0 Å². The largest absolute Gasteiger partial charge is 0.381 e. The normalized spacial score (nSPS) is 22.0. The first-order valence-electron chi connectivity index (χ1n) is 7.93. The highest BCUT2D eigenvalue weighted by molar-refractivity contribution is 5.91. The van der Waals surface area contributed by atoms with Crippen LogP contribution in [-0.4, -0.2) is 42.3 Å². The van der Waals surface area contributed by atoms with Crippen molar-refractivity contribution in [2.24, 2.45) is 5.41 Å². The number of aromatic nitrogens is 1. The second-order valence-corrected chi connectivity index (χ2v) is 6.68. The molecule has 0 radical (unpaired) electrons. The van der Waals surface area contributed by atoms with E-state index >= 15 is 0 Å². The van der Waals surface area contributed by atoms with E-state index in [1.165, 1.54) is 0 Å². The highest BCUT2D eigenvalue weighted by Gasteiger charge is 2.37. The van der Waals surface area contributed by atoms with E-state index < -0.39 is 0 Å². The molecule has 0 aliphatic carbocycles. The Balaban J connectivity index is 1.61. The van der Waals surface area contributed by atoms with Crippen molar-refractivity contribution in [1.82, 2.24) is 10.1 Å². The molecule has 1 spiro atoms. The molecule has 1 amide bonds. The fourth-order valence-electron chi connectivity index (χ4n) is 3.31. The van der Waals surface area contributed by atoms with Crippen LogP contribution in [0.4, 0.5) is 0 Å². The summed E-state index contributed by atoms with van der Waals surface area (Å²) in [5, 5.41) is 3.98. The smallest absolute Gasteiger partial charge is 0.292 e. The number of amides is 1. The Morgan fingerprint density at radius 3 is 2.48 bits per heavy atom. The molecule has 5 nitrogen and oxygen atoms in total. The monoisotopic (exact) mass is 292 g/mol. The SMILES string of the molecule is CC(C)c1cc(C(=O)N2CCC3(CCOCC3)CC2)on1. The van der Waals surface area contributed by atoms with Crippen LogP contribution >= 0.6 is 0 Å². The molecular formula is C16H24N2O3. The lowest BCUT2D eigenvalue weighted by atomic mass is 9.72. The van der Waals surface area contributed by atoms with E-state index in [0.717, 1.165) is 57.7 Å². The van der Waals surface area contributed by atoms with Gasteiger partial charge in [0.05, 0.1) is 5.69 Å². The third-order valence-electron chi connectivity index (χ3n) is 5.00. The molecule has 0 aromatic carbocycles. The first-order valence-corrected chi connectivity index (χ1v) is 7.93. The van der Waals surface area contributed by atoms with Crippen molar-refractivity contribution in [2.75, 3.05) is 26.3 Å². The van der Waals surface area contributed by atoms with Crippen LogP contribution in [0.2, 0.25) is 0 Å². The van der Waals surface area contributed by atoms with E-state index in [1.54, 1.807) is 6.07 Å². The molecule has 0 unspecified atom stereocenters. The predicted molar refractivity (Wildman–Crippen MR) is 78.2 cm³/mol. The van der Waals surface area contributed by atoms with Gasteiger partial charge in [0.15, 0.2) is 0 Å². The molecule has 3 heterocycles. The number of likely N-dealkylation sites (tertiary alicyclic amines) is 1. The summed E-state index contributed by atoms with van der Waals surface area (Å²) in [6.45, 7) is 7.46. The molecule has 21 heavy (non-hydrogen) atoms. The minimum atomic E-state index is -0.0173. The second-order valence-electron chi connectivity index (χ2n) is 6.68. The molecule has 0 atom stereocenters. The third kappa shape index (κ3) is 2.98. The maximum absolute atomic E-state index is 12.5. The van der Waals surface area contributed by atoms with Gasteiger partial charge in [0.1, 0.15) is 0 Å². The first-order chi connectivity index (χ1) is 10.1. The summed E-state index contributed by atoms with van der Waals surface area (Å²) in [5.74, 6) is 0.639. The average molecular weight is 292 g/mol. The fourth-order valence-corrected chi connectivity index (χ4v) is 3.31. The molecule has 0 saturated carbocycles. The van der Waals surface area contributed by atoms with E-state index in [1.807, 2.05) is 18.7 Å². The number of carbonyl (C=O) groups excluding carboxylic acids is 1. The van der Waals surface area contributed by atoms with E-state index in [-0.39, 0.29) is 11.8 Å². The number of hydrogen-bond donors (Lipinski definition) is 0. The maximum Gasteiger partial charge on any atom is 0.292 e. The molecule has 2 fully saturated rings. The Bertz CT molecular complexity index is 493. The molecule has 5 heteroatoms. The zero-order valence-corrected chi connectivity index (χ0v) is 12.9. The second kappa shape index (κ2) is 5.79. The van der Waals surface area contributed by atoms with Crippen molar-refractivity contribution in [2.45, 2.75) is 45.4 Å². The quantitative estimate of drug-likeness (QED) is 0.841. The number of rotatable bonds is 2. The topological polar surface area (TPSA) is 55.6 Å². The van der Waals surface area contributed by atoms with Crippen molar-refractivity contribution in [3.8, 4) is 0 Å². The number of carbonyl (C=O) groups is 1. The van der Waals surface area contributed by atoms with Crippen LogP contribution in [0, 0.1) is 5.41 Å². The maximum atomic E-state index is 12.5. The third-order valence-corrected chi connectivity index (χ3v) is 5.00. The molecule has 1 aromatic rings. The van der Waals surface area contributed by atoms with Gasteiger partial charge in [-0.15, -0.1) is 0 Å². The standard InChI is InChI=1S/C16H24N2O3/c1-12(2)13-11-14(21-17-13)15(19)18-7-3-16(4-8-18)5-9-20-10-6-16/h11-12H,3-10H2,1-2H3. The highest BCUT2D eigenvalue weighted by Crippen LogP contribution is 2.40. The van der Waals surface area contributed by atoms with Crippen LogP contribution < -0.4 is 0 Å². The van der Waals surface area contributed by atoms with Crippen molar-refractivity contribution in [3.05, 3.63) is 17.5 Å². The first kappa shape index (κ1) is 14.6. The van der Waals surface area contributed by atoms with Gasteiger partial charge in [0.25, 0.3) is 5.91 Å². The van der Waals surface area contributed by atoms with E-state index in [0.29, 0.717) is 11.2 Å². The van der Waals surface area contributed by atoms with Gasteiger partial charge in [0.2, 0.25) is 5.76 Å². The van der Waals surface area contributed by atoms with Gasteiger partial charge >= 0.3 is 0 Å². The van der Waals surface area contributed by atoms with Crippen LogP contribution in [0.1, 0.15) is 61.7 Å². The molecule has 0 N–H and O–H groups in total. The van der Waals surface area contributed by atoms with Crippen molar-refractivity contribution in [3.63, 3.8) is 0 Å². The van der Waals surface area contributed by atoms with Gasteiger partial charge in [-0.25, -0.2) is 0 Å². The summed E-state index contributed by atoms with van der Waals surface area (Å²) in [6.07, 6.45) is 4.42. The number of ether oxygens (including phenoxy) is 1. The summed E-state index contributed by atoms with van der Waals surface area (Å²) < 4.78 is 10.7. The zero-order chi connectivity index (χ0) is 14.9. The van der Waals surface area contributed by atoms with Gasteiger partial charge in [-0.05, 0) is 37.0 Å². The van der Waals surface area contributed by atoms with Gasteiger partial charge in [0, 0.05) is 32.4 Å². The molecule has 2 aliphatic heterocycles. The Labute approximate surface area is 125 Å². The van der Waals surface area contributed by atoms with Crippen molar-refractivity contribution < 1.29 is 14.1 Å². The predicted octanol–water partition coefficient (Wildman–Crippen LogP) is 2.83. The molecule has 2 aliphatic rings. The van der Waals surface area contributed by atoms with E-state index in [4.69, 9.17) is 9.26 Å². The Morgan fingerprint density at radius 1 is 1.24 bits per heavy atom. The van der Waals surface area contributed by atoms with Crippen LogP contribution in [0.15, 0.2) is 10.6 Å². The molecular weight excluding hydrogens is 268 g/mol. The van der Waals surface area contributed by atoms with Gasteiger partial charge in [-0.3, -0.25) is 4.79 Å². The molecule has 3 rings (SSSR count). The number of piperidine rings is 1. The molecule has 2 saturated heterocycles. The van der Waals surface area contributed by atoms with E-state index in [2.05, 4.69) is 5.16 Å². The minimum Gasteiger partial charge on any atom is -0.381 e. The Kier molecular flexibility index (Phi) is 4.02. The summed E-state index contributed by atoms with van der Waals surface area (Å²) in [6, 6.07) is 1.78. The fraction of sp³-hybridized carbons (Fsp3) is 0.750. The molecule has 116 valence electrons. The lowest BCUT2D eigenvalue weighted by Crippen LogP contribution is -2.45. The molecule has 1 aromatic heterocycles. The lowest BCUT2D eigenvalue weighted by molar-refractivity contribution is -0.0181. The summed E-state index contributed by atoms with van der Waals surface area (Å²) in [4.78, 5) is 14.4. The summed E-state index contributed by atoms with van der Waals surface area (Å²) in [5.41, 5.74) is 1.25. The van der Waals surface area contributed by atoms with Crippen LogP contribution in [0.3, 0.4) is 0 Å². The summed E-state index contributed by atoms with van der Waals surface area (Å²) >= 11 is 0. The Hall–Kier alpha value is -1.36. The highest BCUT2D eigenvalue weighted by atomic mass is 16.5. The van der Waals surface area contributed by atoms with Crippen LogP contribution in [-0.2, 0) is 4.74 Å². The number of nitrogens with zero attached hydrogens (tertiary/aromatic N) is 2. The zero-order valence-electron chi connectivity index (χ0n) is 12.9. The van der Waals surface area contributed by atoms with Crippen LogP contribution in [0.5, 0.6) is 0 Å². The van der Waals surface area contributed by atoms with Gasteiger partial charge < -0.3 is 14.2 Å². The Morgan fingerprint density at radius 2 is 1.90 bits per heavy atom. The van der Waals surface area contributed by atoms with Crippen molar-refractivity contribution >= 4 is 5.91 Å². The van der Waals surface area contributed by atoms with Gasteiger partial charge in [-0.1, -0.05) is 19.0 Å². The summed E-state index contributed by atoms with van der Waals surface area (Å²) in [7, 11) is 0. The van der Waals surface area contributed by atoms with Crippen molar-refractivity contribution in [1.29, 1.82) is 0 Å². The average Bonchev–Trinajstić information content (AvgIpc) is 2.98. The number of hydrogen-bond acceptors (Lipinski definition) is 4. The van der Waals surface area contributed by atoms with Crippen LogP contribution in [0.25, 0.3) is 0 Å².